The lowest BCUT2D eigenvalue weighted by atomic mass is 10.2. The molecule has 12 heteroatoms. The summed E-state index contributed by atoms with van der Waals surface area (Å²) >= 11 is 0.758. The molecule has 1 aromatic heterocycles. The molecule has 37 heavy (non-hydrogen) atoms. The minimum Gasteiger partial charge on any atom is -0.462 e. The van der Waals surface area contributed by atoms with E-state index in [4.69, 9.17) is 9.47 Å². The molecule has 2 aromatic rings. The van der Waals surface area contributed by atoms with Gasteiger partial charge in [-0.25, -0.2) is 0 Å². The van der Waals surface area contributed by atoms with E-state index in [0.717, 1.165) is 28.0 Å². The normalized spacial score (nSPS) is 17.3. The topological polar surface area (TPSA) is 124 Å². The molecule has 196 valence electrons. The highest BCUT2D eigenvalue weighted by Gasteiger charge is 2.37. The van der Waals surface area contributed by atoms with Gasteiger partial charge in [0.15, 0.2) is 0 Å². The van der Waals surface area contributed by atoms with E-state index in [-0.39, 0.29) is 21.6 Å². The van der Waals surface area contributed by atoms with Gasteiger partial charge in [0.1, 0.15) is 12.2 Å². The smallest absolute Gasteiger partial charge is 0.326 e. The lowest BCUT2D eigenvalue weighted by molar-refractivity contribution is -0.384. The van der Waals surface area contributed by atoms with Gasteiger partial charge >= 0.3 is 5.97 Å². The van der Waals surface area contributed by atoms with E-state index in [1.807, 2.05) is 35.4 Å². The van der Waals surface area contributed by atoms with Crippen molar-refractivity contribution in [2.24, 2.45) is 0 Å². The maximum absolute atomic E-state index is 12.8. The number of benzene rings is 1. The first-order valence-corrected chi connectivity index (χ1v) is 12.6. The van der Waals surface area contributed by atoms with Crippen molar-refractivity contribution in [1.82, 2.24) is 9.47 Å². The molecule has 0 bridgehead atoms. The predicted molar refractivity (Wildman–Crippen MR) is 139 cm³/mol. The van der Waals surface area contributed by atoms with E-state index < -0.39 is 23.7 Å². The summed E-state index contributed by atoms with van der Waals surface area (Å²) in [6, 6.07) is 6.97. The van der Waals surface area contributed by atoms with Crippen LogP contribution in [0.5, 0.6) is 0 Å². The van der Waals surface area contributed by atoms with E-state index in [0.29, 0.717) is 43.2 Å². The van der Waals surface area contributed by atoms with Crippen LogP contribution in [-0.4, -0.2) is 70.5 Å². The van der Waals surface area contributed by atoms with Gasteiger partial charge in [-0.2, -0.15) is 0 Å². The first-order valence-electron chi connectivity index (χ1n) is 11.8. The van der Waals surface area contributed by atoms with Crippen LogP contribution < -0.4 is 4.90 Å². The van der Waals surface area contributed by atoms with Gasteiger partial charge in [0, 0.05) is 30.5 Å². The molecule has 0 spiro atoms. The van der Waals surface area contributed by atoms with E-state index in [1.165, 1.54) is 0 Å². The number of nitro benzene ring substituents is 1. The second-order valence-corrected chi connectivity index (χ2v) is 9.99. The van der Waals surface area contributed by atoms with Gasteiger partial charge in [-0.1, -0.05) is 0 Å². The number of amides is 2. The largest absolute Gasteiger partial charge is 0.462 e. The van der Waals surface area contributed by atoms with Gasteiger partial charge in [-0.05, 0) is 69.3 Å². The predicted octanol–water partition coefficient (Wildman–Crippen LogP) is 3.83. The molecule has 2 fully saturated rings. The first-order chi connectivity index (χ1) is 17.6. The fourth-order valence-electron chi connectivity index (χ4n) is 4.41. The summed E-state index contributed by atoms with van der Waals surface area (Å²) in [5.74, 6) is -1.22. The van der Waals surface area contributed by atoms with Crippen LogP contribution in [0.4, 0.5) is 16.2 Å². The van der Waals surface area contributed by atoms with Gasteiger partial charge in [0.25, 0.3) is 16.8 Å². The molecular formula is C25H28N4O7S. The third-order valence-electron chi connectivity index (χ3n) is 6.05. The van der Waals surface area contributed by atoms with Crippen molar-refractivity contribution in [3.05, 3.63) is 56.2 Å². The number of esters is 1. The van der Waals surface area contributed by atoms with Gasteiger partial charge < -0.3 is 18.9 Å². The Morgan fingerprint density at radius 1 is 1.22 bits per heavy atom. The Morgan fingerprint density at radius 3 is 2.57 bits per heavy atom. The molecule has 3 heterocycles. The molecule has 0 N–H and O–H groups in total. The summed E-state index contributed by atoms with van der Waals surface area (Å²) < 4.78 is 12.3. The summed E-state index contributed by atoms with van der Waals surface area (Å²) in [5.41, 5.74) is 3.40. The van der Waals surface area contributed by atoms with Gasteiger partial charge in [0.05, 0.1) is 34.8 Å². The number of thioether (sulfide) groups is 1. The minimum absolute atomic E-state index is 0.00264. The van der Waals surface area contributed by atoms with Crippen molar-refractivity contribution in [3.63, 3.8) is 0 Å². The second kappa shape index (κ2) is 10.8. The summed E-state index contributed by atoms with van der Waals surface area (Å²) in [6.45, 7) is 8.82. The summed E-state index contributed by atoms with van der Waals surface area (Å²) in [6.07, 6.45) is 1.25. The minimum atomic E-state index is -0.654. The Hall–Kier alpha value is -3.64. The third kappa shape index (κ3) is 5.54. The molecule has 2 amide bonds. The van der Waals surface area contributed by atoms with Crippen LogP contribution in [0, 0.1) is 24.0 Å². The average molecular weight is 529 g/mol. The van der Waals surface area contributed by atoms with E-state index >= 15 is 0 Å². The zero-order chi connectivity index (χ0) is 26.9. The van der Waals surface area contributed by atoms with Gasteiger partial charge in [-0.15, -0.1) is 0 Å². The second-order valence-electron chi connectivity index (χ2n) is 9.00. The number of ether oxygens (including phenoxy) is 2. The Labute approximate surface area is 218 Å². The Morgan fingerprint density at radius 2 is 1.92 bits per heavy atom. The van der Waals surface area contributed by atoms with Crippen LogP contribution in [0.2, 0.25) is 0 Å². The molecule has 0 radical (unpaired) electrons. The van der Waals surface area contributed by atoms with Crippen molar-refractivity contribution in [2.75, 3.05) is 37.7 Å². The number of aromatic nitrogens is 1. The van der Waals surface area contributed by atoms with Crippen molar-refractivity contribution in [2.45, 2.75) is 33.8 Å². The fourth-order valence-corrected chi connectivity index (χ4v) is 5.24. The zero-order valence-electron chi connectivity index (χ0n) is 21.1. The molecule has 0 atom stereocenters. The summed E-state index contributed by atoms with van der Waals surface area (Å²) in [4.78, 5) is 51.7. The zero-order valence-corrected chi connectivity index (χ0v) is 21.9. The number of aryl methyl sites for hydroxylation is 1. The van der Waals surface area contributed by atoms with Crippen LogP contribution in [0.25, 0.3) is 11.8 Å². The highest BCUT2D eigenvalue weighted by atomic mass is 32.2. The molecule has 4 rings (SSSR count). The number of anilines is 1. The highest BCUT2D eigenvalue weighted by molar-refractivity contribution is 8.18. The van der Waals surface area contributed by atoms with E-state index in [9.17, 15) is 24.5 Å². The molecule has 2 aliphatic rings. The Bertz CT molecular complexity index is 1290. The molecule has 2 aliphatic heterocycles. The number of nitrogens with zero attached hydrogens (tertiary/aromatic N) is 4. The first kappa shape index (κ1) is 26.4. The number of rotatable bonds is 7. The number of carbonyl (C=O) groups excluding carboxylic acids is 3. The van der Waals surface area contributed by atoms with Crippen LogP contribution in [-0.2, 0) is 19.1 Å². The SMILES string of the molecule is Cc1cc(/C=C2\SC(=O)N(CC(=O)OC(C)C)C2=O)c(C)n1-c1ccc(N2CCOCC2)c([N+](=O)[O-])c1. The number of nitro groups is 1. The molecule has 0 aliphatic carbocycles. The summed E-state index contributed by atoms with van der Waals surface area (Å²) in [7, 11) is 0. The fraction of sp³-hybridized carbons (Fsp3) is 0.400. The molecule has 0 saturated carbocycles. The van der Waals surface area contributed by atoms with Crippen molar-refractivity contribution >= 4 is 46.3 Å². The number of morpholine rings is 1. The molecule has 2 saturated heterocycles. The molecule has 0 unspecified atom stereocenters. The van der Waals surface area contributed by atoms with E-state index in [1.54, 1.807) is 32.1 Å². The average Bonchev–Trinajstić information content (AvgIpc) is 3.27. The van der Waals surface area contributed by atoms with Crippen LogP contribution in [0.1, 0.15) is 30.8 Å². The number of carbonyl (C=O) groups is 3. The maximum Gasteiger partial charge on any atom is 0.326 e. The van der Waals surface area contributed by atoms with Crippen LogP contribution in [0.3, 0.4) is 0 Å². The van der Waals surface area contributed by atoms with Crippen LogP contribution in [0.15, 0.2) is 29.2 Å². The van der Waals surface area contributed by atoms with Gasteiger partial charge in [0.2, 0.25) is 0 Å². The van der Waals surface area contributed by atoms with Crippen LogP contribution >= 0.6 is 11.8 Å². The quantitative estimate of drug-likeness (QED) is 0.228. The number of imide groups is 1. The Balaban J connectivity index is 1.63. The molecular weight excluding hydrogens is 500 g/mol. The Kier molecular flexibility index (Phi) is 7.69. The monoisotopic (exact) mass is 528 g/mol. The third-order valence-corrected chi connectivity index (χ3v) is 6.96. The van der Waals surface area contributed by atoms with Gasteiger partial charge in [-0.3, -0.25) is 29.4 Å². The standard InChI is InChI=1S/C25H28N4O7S/c1-15(2)36-23(30)14-27-24(31)22(37-25(27)32)12-18-11-16(3)28(17(18)4)19-5-6-20(21(13-19)29(33)34)26-7-9-35-10-8-26/h5-6,11-13,15H,7-10,14H2,1-4H3/b22-12-. The van der Waals surface area contributed by atoms with E-state index in [2.05, 4.69) is 0 Å². The summed E-state index contributed by atoms with van der Waals surface area (Å²) in [5, 5.41) is 11.4. The maximum atomic E-state index is 12.8. The lowest BCUT2D eigenvalue weighted by Crippen LogP contribution is -2.36. The highest BCUT2D eigenvalue weighted by Crippen LogP contribution is 2.35. The van der Waals surface area contributed by atoms with Crippen molar-refractivity contribution < 1.29 is 28.8 Å². The molecule has 11 nitrogen and oxygen atoms in total. The van der Waals surface area contributed by atoms with Crippen molar-refractivity contribution in [3.8, 4) is 5.69 Å². The lowest BCUT2D eigenvalue weighted by Gasteiger charge is -2.28. The number of hydrogen-bond donors (Lipinski definition) is 0. The van der Waals surface area contributed by atoms with Crippen molar-refractivity contribution in [1.29, 1.82) is 0 Å². The molecule has 1 aromatic carbocycles. The number of hydrogen-bond acceptors (Lipinski definition) is 9.